The SMILES string of the molecule is O=C(N[C@@H]1CC(Cn2cccn2)C[C@H]1O)c1cc(Oc2ccccc2)ccn1. The number of para-hydroxylation sites is 1. The van der Waals surface area contributed by atoms with Gasteiger partial charge in [0.05, 0.1) is 12.1 Å². The molecule has 2 N–H and O–H groups in total. The number of carbonyl (C=O) groups is 1. The number of pyridine rings is 1. The van der Waals surface area contributed by atoms with Crippen molar-refractivity contribution >= 4 is 5.91 Å². The topological polar surface area (TPSA) is 89.3 Å². The molecule has 3 aromatic rings. The molecule has 2 aromatic heterocycles. The molecule has 4 rings (SSSR count). The van der Waals surface area contributed by atoms with Crippen molar-refractivity contribution in [2.45, 2.75) is 31.5 Å². The summed E-state index contributed by atoms with van der Waals surface area (Å²) < 4.78 is 7.61. The molecule has 7 heteroatoms. The minimum atomic E-state index is -0.576. The van der Waals surface area contributed by atoms with Crippen LogP contribution in [0.2, 0.25) is 0 Å². The van der Waals surface area contributed by atoms with Crippen LogP contribution < -0.4 is 10.1 Å². The molecule has 1 aromatic carbocycles. The second-order valence-electron chi connectivity index (χ2n) is 7.00. The highest BCUT2D eigenvalue weighted by Gasteiger charge is 2.34. The van der Waals surface area contributed by atoms with E-state index in [1.54, 1.807) is 24.5 Å². The third kappa shape index (κ3) is 4.37. The number of aliphatic hydroxyl groups excluding tert-OH is 1. The predicted molar refractivity (Wildman–Crippen MR) is 103 cm³/mol. The second kappa shape index (κ2) is 8.22. The number of hydrogen-bond acceptors (Lipinski definition) is 5. The van der Waals surface area contributed by atoms with E-state index in [1.807, 2.05) is 47.3 Å². The maximum atomic E-state index is 12.6. The molecular weight excluding hydrogens is 356 g/mol. The number of amides is 1. The van der Waals surface area contributed by atoms with Gasteiger partial charge in [-0.1, -0.05) is 18.2 Å². The molecule has 28 heavy (non-hydrogen) atoms. The Morgan fingerprint density at radius 2 is 2.00 bits per heavy atom. The van der Waals surface area contributed by atoms with Gasteiger partial charge in [0, 0.05) is 31.2 Å². The van der Waals surface area contributed by atoms with Gasteiger partial charge in [0.2, 0.25) is 0 Å². The Morgan fingerprint density at radius 3 is 2.79 bits per heavy atom. The van der Waals surface area contributed by atoms with Crippen LogP contribution in [0.15, 0.2) is 67.1 Å². The maximum absolute atomic E-state index is 12.6. The largest absolute Gasteiger partial charge is 0.457 e. The first-order chi connectivity index (χ1) is 13.7. The minimum absolute atomic E-state index is 0.260. The van der Waals surface area contributed by atoms with Crippen molar-refractivity contribution in [1.29, 1.82) is 0 Å². The number of aliphatic hydroxyl groups is 1. The van der Waals surface area contributed by atoms with Crippen molar-refractivity contribution in [2.75, 3.05) is 0 Å². The number of nitrogens with one attached hydrogen (secondary N) is 1. The Hall–Kier alpha value is -3.19. The summed E-state index contributed by atoms with van der Waals surface area (Å²) in [6.07, 6.45) is 5.94. The fourth-order valence-electron chi connectivity index (χ4n) is 3.56. The molecule has 1 saturated carbocycles. The van der Waals surface area contributed by atoms with Crippen molar-refractivity contribution in [3.8, 4) is 11.5 Å². The number of hydrogen-bond donors (Lipinski definition) is 2. The zero-order valence-electron chi connectivity index (χ0n) is 15.3. The number of rotatable bonds is 6. The van der Waals surface area contributed by atoms with Gasteiger partial charge in [0.1, 0.15) is 17.2 Å². The van der Waals surface area contributed by atoms with E-state index in [0.29, 0.717) is 24.3 Å². The van der Waals surface area contributed by atoms with Crippen LogP contribution in [0.1, 0.15) is 23.3 Å². The van der Waals surface area contributed by atoms with Crippen LogP contribution in [-0.2, 0) is 6.54 Å². The first-order valence-electron chi connectivity index (χ1n) is 9.32. The number of benzene rings is 1. The summed E-state index contributed by atoms with van der Waals surface area (Å²) in [7, 11) is 0. The quantitative estimate of drug-likeness (QED) is 0.688. The van der Waals surface area contributed by atoms with Crippen LogP contribution in [-0.4, -0.2) is 37.9 Å². The Labute approximate surface area is 163 Å². The second-order valence-corrected chi connectivity index (χ2v) is 7.00. The maximum Gasteiger partial charge on any atom is 0.270 e. The van der Waals surface area contributed by atoms with Crippen LogP contribution in [0.25, 0.3) is 0 Å². The summed E-state index contributed by atoms with van der Waals surface area (Å²) in [4.78, 5) is 16.8. The summed E-state index contributed by atoms with van der Waals surface area (Å²) >= 11 is 0. The summed E-state index contributed by atoms with van der Waals surface area (Å²) in [5.74, 6) is 1.17. The third-order valence-corrected chi connectivity index (χ3v) is 4.89. The van der Waals surface area contributed by atoms with Crippen LogP contribution in [0.3, 0.4) is 0 Å². The molecule has 0 radical (unpaired) electrons. The van der Waals surface area contributed by atoms with Crippen molar-refractivity contribution < 1.29 is 14.6 Å². The lowest BCUT2D eigenvalue weighted by molar-refractivity contribution is 0.0867. The van der Waals surface area contributed by atoms with E-state index >= 15 is 0 Å². The molecule has 1 fully saturated rings. The van der Waals surface area contributed by atoms with Gasteiger partial charge < -0.3 is 15.2 Å². The molecule has 0 spiro atoms. The van der Waals surface area contributed by atoms with Crippen LogP contribution in [0.4, 0.5) is 0 Å². The number of nitrogens with zero attached hydrogens (tertiary/aromatic N) is 3. The molecule has 0 saturated heterocycles. The van der Waals surface area contributed by atoms with E-state index in [4.69, 9.17) is 4.74 Å². The Balaban J connectivity index is 1.37. The molecule has 1 aliphatic carbocycles. The first-order valence-corrected chi connectivity index (χ1v) is 9.32. The van der Waals surface area contributed by atoms with E-state index < -0.39 is 6.10 Å². The van der Waals surface area contributed by atoms with Gasteiger partial charge in [-0.3, -0.25) is 14.5 Å². The lowest BCUT2D eigenvalue weighted by Crippen LogP contribution is -2.40. The average molecular weight is 378 g/mol. The van der Waals surface area contributed by atoms with E-state index in [9.17, 15) is 9.90 Å². The molecule has 1 aliphatic rings. The molecule has 2 heterocycles. The average Bonchev–Trinajstić information content (AvgIpc) is 3.33. The van der Waals surface area contributed by atoms with Crippen molar-refractivity contribution in [3.05, 3.63) is 72.8 Å². The van der Waals surface area contributed by atoms with E-state index in [0.717, 1.165) is 6.54 Å². The highest BCUT2D eigenvalue weighted by atomic mass is 16.5. The first kappa shape index (κ1) is 18.2. The van der Waals surface area contributed by atoms with Crippen molar-refractivity contribution in [2.24, 2.45) is 5.92 Å². The third-order valence-electron chi connectivity index (χ3n) is 4.89. The minimum Gasteiger partial charge on any atom is -0.457 e. The smallest absolute Gasteiger partial charge is 0.270 e. The van der Waals surface area contributed by atoms with Gasteiger partial charge in [-0.05, 0) is 43.0 Å². The monoisotopic (exact) mass is 378 g/mol. The predicted octanol–water partition coefficient (Wildman–Crippen LogP) is 2.64. The van der Waals surface area contributed by atoms with Gasteiger partial charge in [-0.25, -0.2) is 0 Å². The normalized spacial score (nSPS) is 21.4. The summed E-state index contributed by atoms with van der Waals surface area (Å²) in [5.41, 5.74) is 0.260. The number of carbonyl (C=O) groups excluding carboxylic acids is 1. The van der Waals surface area contributed by atoms with E-state index in [2.05, 4.69) is 15.4 Å². The zero-order chi connectivity index (χ0) is 19.3. The fraction of sp³-hybridized carbons (Fsp3) is 0.286. The van der Waals surface area contributed by atoms with Crippen molar-refractivity contribution in [1.82, 2.24) is 20.1 Å². The summed E-state index contributed by atoms with van der Waals surface area (Å²) in [5, 5.41) is 17.5. The summed E-state index contributed by atoms with van der Waals surface area (Å²) in [6.45, 7) is 0.731. The number of ether oxygens (including phenoxy) is 1. The molecule has 3 atom stereocenters. The fourth-order valence-corrected chi connectivity index (χ4v) is 3.56. The Kier molecular flexibility index (Phi) is 5.34. The van der Waals surface area contributed by atoms with Crippen LogP contribution in [0.5, 0.6) is 11.5 Å². The summed E-state index contributed by atoms with van der Waals surface area (Å²) in [6, 6.07) is 14.2. The highest BCUT2D eigenvalue weighted by Crippen LogP contribution is 2.28. The molecular formula is C21H22N4O3. The molecule has 1 amide bonds. The molecule has 0 aliphatic heterocycles. The standard InChI is InChI=1S/C21H22N4O3/c26-20-12-15(14-25-10-4-8-23-25)11-18(20)24-21(27)19-13-17(7-9-22-19)28-16-5-2-1-3-6-16/h1-10,13,15,18,20,26H,11-12,14H2,(H,24,27)/t15?,18-,20-/m1/s1. The van der Waals surface area contributed by atoms with E-state index in [-0.39, 0.29) is 23.6 Å². The van der Waals surface area contributed by atoms with Gasteiger partial charge in [-0.15, -0.1) is 0 Å². The molecule has 1 unspecified atom stereocenters. The zero-order valence-corrected chi connectivity index (χ0v) is 15.3. The van der Waals surface area contributed by atoms with Gasteiger partial charge >= 0.3 is 0 Å². The Morgan fingerprint density at radius 1 is 1.14 bits per heavy atom. The van der Waals surface area contributed by atoms with Gasteiger partial charge in [0.25, 0.3) is 5.91 Å². The van der Waals surface area contributed by atoms with E-state index in [1.165, 1.54) is 0 Å². The molecule has 7 nitrogen and oxygen atoms in total. The number of aromatic nitrogens is 3. The Bertz CT molecular complexity index is 914. The van der Waals surface area contributed by atoms with Gasteiger partial charge in [0.15, 0.2) is 0 Å². The van der Waals surface area contributed by atoms with Gasteiger partial charge in [-0.2, -0.15) is 5.10 Å². The highest BCUT2D eigenvalue weighted by molar-refractivity contribution is 5.92. The lowest BCUT2D eigenvalue weighted by atomic mass is 10.1. The van der Waals surface area contributed by atoms with Crippen LogP contribution in [0, 0.1) is 5.92 Å². The van der Waals surface area contributed by atoms with Crippen molar-refractivity contribution in [3.63, 3.8) is 0 Å². The molecule has 0 bridgehead atoms. The molecule has 144 valence electrons. The van der Waals surface area contributed by atoms with Crippen LogP contribution >= 0.6 is 0 Å². The lowest BCUT2D eigenvalue weighted by Gasteiger charge is -2.16.